The summed E-state index contributed by atoms with van der Waals surface area (Å²) in [6.45, 7) is 7.65. The number of piperazine rings is 1. The monoisotopic (exact) mass is 244 g/mol. The normalized spacial score (nSPS) is 19.2. The molecule has 0 aromatic rings. The molecule has 0 aromatic heterocycles. The fourth-order valence-electron chi connectivity index (χ4n) is 2.00. The highest BCUT2D eigenvalue weighted by Gasteiger charge is 2.16. The lowest BCUT2D eigenvalue weighted by molar-refractivity contribution is 0.142. The number of rotatable bonds is 6. The van der Waals surface area contributed by atoms with Crippen molar-refractivity contribution in [2.75, 3.05) is 59.9 Å². The second-order valence-corrected chi connectivity index (χ2v) is 5.27. The number of hydrogen-bond donors (Lipinski definition) is 1. The van der Waals surface area contributed by atoms with Gasteiger partial charge in [-0.3, -0.25) is 4.90 Å². The van der Waals surface area contributed by atoms with Gasteiger partial charge in [0.05, 0.1) is 4.99 Å². The van der Waals surface area contributed by atoms with E-state index in [-0.39, 0.29) is 0 Å². The number of thiocarbonyl (C=S) groups is 1. The van der Waals surface area contributed by atoms with E-state index in [1.165, 1.54) is 19.5 Å². The van der Waals surface area contributed by atoms with Crippen molar-refractivity contribution in [2.45, 2.75) is 6.42 Å². The van der Waals surface area contributed by atoms with E-state index in [2.05, 4.69) is 28.8 Å². The Bertz CT molecular complexity index is 212. The molecule has 0 saturated carbocycles. The molecule has 1 rings (SSSR count). The molecule has 0 aliphatic carbocycles. The Labute approximate surface area is 104 Å². The molecule has 0 unspecified atom stereocenters. The zero-order chi connectivity index (χ0) is 12.0. The van der Waals surface area contributed by atoms with Crippen LogP contribution in [0.3, 0.4) is 0 Å². The van der Waals surface area contributed by atoms with Crippen molar-refractivity contribution in [3.63, 3.8) is 0 Å². The zero-order valence-corrected chi connectivity index (χ0v) is 11.3. The van der Waals surface area contributed by atoms with Gasteiger partial charge < -0.3 is 15.5 Å². The highest BCUT2D eigenvalue weighted by Crippen LogP contribution is 2.02. The van der Waals surface area contributed by atoms with Crippen molar-refractivity contribution in [3.05, 3.63) is 0 Å². The van der Waals surface area contributed by atoms with Crippen molar-refractivity contribution < 1.29 is 0 Å². The smallest absolute Gasteiger partial charge is 0.0870 e. The molecule has 1 fully saturated rings. The number of nitrogens with zero attached hydrogens (tertiary/aromatic N) is 3. The maximum absolute atomic E-state index is 5.54. The third kappa shape index (κ3) is 5.75. The molecule has 94 valence electrons. The Kier molecular flexibility index (Phi) is 6.20. The van der Waals surface area contributed by atoms with Gasteiger partial charge in [0.2, 0.25) is 0 Å². The SMILES string of the molecule is CN(C)CCCN1CCN(CC(N)=S)CC1. The summed E-state index contributed by atoms with van der Waals surface area (Å²) in [6, 6.07) is 0. The molecule has 1 saturated heterocycles. The van der Waals surface area contributed by atoms with E-state index in [4.69, 9.17) is 18.0 Å². The molecule has 4 nitrogen and oxygen atoms in total. The maximum Gasteiger partial charge on any atom is 0.0870 e. The summed E-state index contributed by atoms with van der Waals surface area (Å²) in [5.74, 6) is 0. The van der Waals surface area contributed by atoms with Gasteiger partial charge in [0.15, 0.2) is 0 Å². The van der Waals surface area contributed by atoms with Gasteiger partial charge in [-0.15, -0.1) is 0 Å². The molecule has 1 aliphatic rings. The van der Waals surface area contributed by atoms with Gasteiger partial charge in [-0.2, -0.15) is 0 Å². The van der Waals surface area contributed by atoms with Crippen LogP contribution in [0.4, 0.5) is 0 Å². The van der Waals surface area contributed by atoms with E-state index in [0.717, 1.165) is 32.7 Å². The first-order chi connectivity index (χ1) is 7.58. The average Bonchev–Trinajstić information content (AvgIpc) is 2.19. The van der Waals surface area contributed by atoms with Gasteiger partial charge in [0.25, 0.3) is 0 Å². The first kappa shape index (κ1) is 13.8. The second kappa shape index (κ2) is 7.17. The standard InChI is InChI=1S/C11H24N4S/c1-13(2)4-3-5-14-6-8-15(9-7-14)10-11(12)16/h3-10H2,1-2H3,(H2,12,16). The Morgan fingerprint density at radius 1 is 1.19 bits per heavy atom. The first-order valence-electron chi connectivity index (χ1n) is 5.95. The van der Waals surface area contributed by atoms with Gasteiger partial charge in [-0.05, 0) is 33.6 Å². The van der Waals surface area contributed by atoms with Crippen LogP contribution >= 0.6 is 12.2 Å². The molecule has 0 radical (unpaired) electrons. The minimum Gasteiger partial charge on any atom is -0.392 e. The summed E-state index contributed by atoms with van der Waals surface area (Å²) in [7, 11) is 4.25. The third-order valence-electron chi connectivity index (χ3n) is 2.92. The molecule has 1 heterocycles. The highest BCUT2D eigenvalue weighted by atomic mass is 32.1. The van der Waals surface area contributed by atoms with E-state index in [0.29, 0.717) is 4.99 Å². The van der Waals surface area contributed by atoms with E-state index in [1.807, 2.05) is 0 Å². The largest absolute Gasteiger partial charge is 0.392 e. The van der Waals surface area contributed by atoms with Gasteiger partial charge in [0, 0.05) is 32.7 Å². The van der Waals surface area contributed by atoms with Crippen LogP contribution in [0, 0.1) is 0 Å². The molecule has 0 bridgehead atoms. The molecule has 5 heteroatoms. The lowest BCUT2D eigenvalue weighted by Crippen LogP contribution is -2.48. The van der Waals surface area contributed by atoms with Crippen LogP contribution < -0.4 is 5.73 Å². The summed E-state index contributed by atoms with van der Waals surface area (Å²) in [4.78, 5) is 7.72. The van der Waals surface area contributed by atoms with Crippen molar-refractivity contribution >= 4 is 17.2 Å². The van der Waals surface area contributed by atoms with Crippen LogP contribution in [0.2, 0.25) is 0 Å². The molecule has 0 atom stereocenters. The first-order valence-corrected chi connectivity index (χ1v) is 6.36. The van der Waals surface area contributed by atoms with Crippen LogP contribution in [0.5, 0.6) is 0 Å². The summed E-state index contributed by atoms with van der Waals surface area (Å²) < 4.78 is 0. The molecule has 0 spiro atoms. The van der Waals surface area contributed by atoms with Gasteiger partial charge in [-0.1, -0.05) is 12.2 Å². The highest BCUT2D eigenvalue weighted by molar-refractivity contribution is 7.80. The van der Waals surface area contributed by atoms with Crippen molar-refractivity contribution in [1.29, 1.82) is 0 Å². The Morgan fingerprint density at radius 2 is 1.75 bits per heavy atom. The third-order valence-corrected chi connectivity index (χ3v) is 3.05. The molecule has 0 aromatic carbocycles. The Morgan fingerprint density at radius 3 is 2.25 bits per heavy atom. The van der Waals surface area contributed by atoms with E-state index < -0.39 is 0 Å². The molecular weight excluding hydrogens is 220 g/mol. The van der Waals surface area contributed by atoms with Crippen LogP contribution in [0.25, 0.3) is 0 Å². The zero-order valence-electron chi connectivity index (χ0n) is 10.5. The molecule has 16 heavy (non-hydrogen) atoms. The number of nitrogens with two attached hydrogens (primary N) is 1. The minimum absolute atomic E-state index is 0.612. The fourth-order valence-corrected chi connectivity index (χ4v) is 2.18. The van der Waals surface area contributed by atoms with Gasteiger partial charge >= 0.3 is 0 Å². The quantitative estimate of drug-likeness (QED) is 0.657. The van der Waals surface area contributed by atoms with Crippen LogP contribution in [0.1, 0.15) is 6.42 Å². The van der Waals surface area contributed by atoms with E-state index >= 15 is 0 Å². The minimum atomic E-state index is 0.612. The van der Waals surface area contributed by atoms with Crippen LogP contribution in [0.15, 0.2) is 0 Å². The van der Waals surface area contributed by atoms with Gasteiger partial charge in [0.1, 0.15) is 0 Å². The van der Waals surface area contributed by atoms with E-state index in [9.17, 15) is 0 Å². The van der Waals surface area contributed by atoms with Gasteiger partial charge in [-0.25, -0.2) is 0 Å². The fraction of sp³-hybridized carbons (Fsp3) is 0.909. The van der Waals surface area contributed by atoms with E-state index in [1.54, 1.807) is 0 Å². The predicted octanol–water partition coefficient (Wildman–Crippen LogP) is -0.158. The van der Waals surface area contributed by atoms with Crippen LogP contribution in [-0.4, -0.2) is 79.6 Å². The van der Waals surface area contributed by atoms with Crippen molar-refractivity contribution in [2.24, 2.45) is 5.73 Å². The summed E-state index contributed by atoms with van der Waals surface area (Å²) in [5.41, 5.74) is 5.54. The number of hydrogen-bond acceptors (Lipinski definition) is 4. The second-order valence-electron chi connectivity index (χ2n) is 4.74. The summed E-state index contributed by atoms with van der Waals surface area (Å²) in [5, 5.41) is 0. The van der Waals surface area contributed by atoms with Crippen molar-refractivity contribution in [3.8, 4) is 0 Å². The summed E-state index contributed by atoms with van der Waals surface area (Å²) >= 11 is 4.92. The summed E-state index contributed by atoms with van der Waals surface area (Å²) in [6.07, 6.45) is 1.25. The predicted molar refractivity (Wildman–Crippen MR) is 72.8 cm³/mol. The molecule has 0 amide bonds. The average molecular weight is 244 g/mol. The van der Waals surface area contributed by atoms with Crippen molar-refractivity contribution in [1.82, 2.24) is 14.7 Å². The van der Waals surface area contributed by atoms with Crippen LogP contribution in [-0.2, 0) is 0 Å². The Balaban J connectivity index is 2.10. The molecule has 2 N–H and O–H groups in total. The maximum atomic E-state index is 5.54. The lowest BCUT2D eigenvalue weighted by atomic mass is 10.3. The topological polar surface area (TPSA) is 35.7 Å². The lowest BCUT2D eigenvalue weighted by Gasteiger charge is -2.34. The molecule has 1 aliphatic heterocycles. The Hall–Kier alpha value is -0.230. The molecular formula is C11H24N4S.